The lowest BCUT2D eigenvalue weighted by molar-refractivity contribution is 0.102. The second-order valence-electron chi connectivity index (χ2n) is 8.41. The molecule has 5 rings (SSSR count). The van der Waals surface area contributed by atoms with Crippen molar-refractivity contribution in [2.45, 2.75) is 13.8 Å². The Balaban J connectivity index is 1.38. The quantitative estimate of drug-likeness (QED) is 0.342. The summed E-state index contributed by atoms with van der Waals surface area (Å²) in [6.45, 7) is 3.36. The molecule has 10 heteroatoms. The summed E-state index contributed by atoms with van der Waals surface area (Å²) in [6.07, 6.45) is 3.20. The number of aryl methyl sites for hydroxylation is 1. The molecule has 0 bridgehead atoms. The van der Waals surface area contributed by atoms with Gasteiger partial charge in [0, 0.05) is 24.0 Å². The van der Waals surface area contributed by atoms with E-state index < -0.39 is 17.3 Å². The summed E-state index contributed by atoms with van der Waals surface area (Å²) in [7, 11) is 1.56. The van der Waals surface area contributed by atoms with E-state index in [4.69, 9.17) is 9.47 Å². The van der Waals surface area contributed by atoms with Crippen LogP contribution in [0.15, 0.2) is 77.9 Å². The van der Waals surface area contributed by atoms with Crippen molar-refractivity contribution in [2.24, 2.45) is 0 Å². The third kappa shape index (κ3) is 4.79. The summed E-state index contributed by atoms with van der Waals surface area (Å²) in [5.41, 5.74) is 2.32. The number of ether oxygens (including phenoxy) is 2. The minimum absolute atomic E-state index is 0.0492. The Hall–Kier alpha value is -5.12. The van der Waals surface area contributed by atoms with Crippen molar-refractivity contribution >= 4 is 22.6 Å². The van der Waals surface area contributed by atoms with Gasteiger partial charge in [0.1, 0.15) is 28.4 Å². The second-order valence-corrected chi connectivity index (χ2v) is 8.41. The molecule has 0 aliphatic rings. The summed E-state index contributed by atoms with van der Waals surface area (Å²) in [4.78, 5) is 35.0. The van der Waals surface area contributed by atoms with Crippen LogP contribution in [0.1, 0.15) is 21.6 Å². The molecule has 3 aromatic heterocycles. The Morgan fingerprint density at radius 2 is 1.71 bits per heavy atom. The van der Waals surface area contributed by atoms with Gasteiger partial charge in [0.25, 0.3) is 11.5 Å². The van der Waals surface area contributed by atoms with Crippen LogP contribution in [0.2, 0.25) is 0 Å². The van der Waals surface area contributed by atoms with Crippen molar-refractivity contribution < 1.29 is 18.7 Å². The van der Waals surface area contributed by atoms with Gasteiger partial charge in [-0.1, -0.05) is 0 Å². The van der Waals surface area contributed by atoms with Crippen LogP contribution in [0.3, 0.4) is 0 Å². The highest BCUT2D eigenvalue weighted by Crippen LogP contribution is 2.29. The maximum absolute atomic E-state index is 13.4. The molecule has 2 aromatic carbocycles. The summed E-state index contributed by atoms with van der Waals surface area (Å²) in [5, 5.41) is 7.03. The first-order valence-corrected chi connectivity index (χ1v) is 11.6. The Labute approximate surface area is 216 Å². The van der Waals surface area contributed by atoms with Gasteiger partial charge < -0.3 is 14.8 Å². The first-order chi connectivity index (χ1) is 18.3. The van der Waals surface area contributed by atoms with Gasteiger partial charge in [0.2, 0.25) is 0 Å². The molecular weight excluding hydrogens is 489 g/mol. The number of carbonyl (C=O) groups excluding carboxylic acids is 1. The number of methoxy groups -OCH3 is 1. The molecule has 0 aliphatic carbocycles. The van der Waals surface area contributed by atoms with E-state index in [2.05, 4.69) is 20.4 Å². The minimum atomic E-state index is -0.606. The lowest BCUT2D eigenvalue weighted by atomic mass is 10.1. The topological polar surface area (TPSA) is 108 Å². The molecule has 0 saturated carbocycles. The van der Waals surface area contributed by atoms with Crippen LogP contribution in [-0.2, 0) is 0 Å². The molecule has 0 unspecified atom stereocenters. The Morgan fingerprint density at radius 1 is 0.974 bits per heavy atom. The zero-order valence-corrected chi connectivity index (χ0v) is 20.7. The van der Waals surface area contributed by atoms with Crippen molar-refractivity contribution in [1.82, 2.24) is 19.7 Å². The van der Waals surface area contributed by atoms with Crippen molar-refractivity contribution in [3.05, 3.63) is 106 Å². The zero-order valence-electron chi connectivity index (χ0n) is 20.7. The molecule has 0 saturated heterocycles. The third-order valence-electron chi connectivity index (χ3n) is 5.96. The molecule has 0 spiro atoms. The van der Waals surface area contributed by atoms with Crippen LogP contribution >= 0.6 is 0 Å². The first kappa shape index (κ1) is 24.6. The van der Waals surface area contributed by atoms with Crippen LogP contribution in [-0.4, -0.2) is 32.8 Å². The number of hydrogen-bond donors (Lipinski definition) is 1. The number of pyridine rings is 2. The SMILES string of the molecule is COc1cnc2c(Oc3ccc(NC(=O)c4c(C)c(C)nn(-c5ccc(F)cc5)c4=O)cc3)ccnc2c1. The molecular formula is C28H22FN5O4. The average Bonchev–Trinajstić information content (AvgIpc) is 2.92. The molecule has 0 aliphatic heterocycles. The summed E-state index contributed by atoms with van der Waals surface area (Å²) in [5.74, 6) is 0.595. The van der Waals surface area contributed by atoms with Crippen molar-refractivity contribution in [3.63, 3.8) is 0 Å². The number of anilines is 1. The summed E-state index contributed by atoms with van der Waals surface area (Å²) >= 11 is 0. The number of amides is 1. The highest BCUT2D eigenvalue weighted by molar-refractivity contribution is 6.05. The number of hydrogen-bond acceptors (Lipinski definition) is 7. The van der Waals surface area contributed by atoms with Gasteiger partial charge in [-0.05, 0) is 67.9 Å². The monoisotopic (exact) mass is 511 g/mol. The molecule has 1 amide bonds. The van der Waals surface area contributed by atoms with Gasteiger partial charge in [-0.15, -0.1) is 0 Å². The lowest BCUT2D eigenvalue weighted by Gasteiger charge is -2.13. The molecule has 3 heterocycles. The summed E-state index contributed by atoms with van der Waals surface area (Å²) in [6, 6.07) is 15.5. The first-order valence-electron chi connectivity index (χ1n) is 11.6. The van der Waals surface area contributed by atoms with Crippen LogP contribution in [0.4, 0.5) is 10.1 Å². The molecule has 9 nitrogen and oxygen atoms in total. The van der Waals surface area contributed by atoms with Gasteiger partial charge in [-0.3, -0.25) is 14.6 Å². The van der Waals surface area contributed by atoms with E-state index in [0.29, 0.717) is 50.9 Å². The highest BCUT2D eigenvalue weighted by Gasteiger charge is 2.20. The maximum Gasteiger partial charge on any atom is 0.284 e. The minimum Gasteiger partial charge on any atom is -0.495 e. The fourth-order valence-electron chi connectivity index (χ4n) is 3.85. The van der Waals surface area contributed by atoms with Gasteiger partial charge >= 0.3 is 0 Å². The number of benzene rings is 2. The molecule has 0 atom stereocenters. The predicted octanol–water partition coefficient (Wildman–Crippen LogP) is 4.98. The van der Waals surface area contributed by atoms with E-state index in [0.717, 1.165) is 4.68 Å². The number of rotatable bonds is 6. The van der Waals surface area contributed by atoms with E-state index in [1.54, 1.807) is 69.7 Å². The molecule has 0 radical (unpaired) electrons. The van der Waals surface area contributed by atoms with Crippen molar-refractivity contribution in [3.8, 4) is 22.9 Å². The van der Waals surface area contributed by atoms with E-state index >= 15 is 0 Å². The predicted molar refractivity (Wildman–Crippen MR) is 140 cm³/mol. The number of fused-ring (bicyclic) bond motifs is 1. The molecule has 0 fully saturated rings. The standard InChI is InChI=1S/C28H22FN5O4/c1-16-17(2)33-34(20-8-4-18(29)5-9-20)28(36)25(16)27(35)32-19-6-10-21(11-7-19)38-24-12-13-30-23-14-22(37-3)15-31-26(23)24/h4-15H,1-3H3,(H,32,35). The van der Waals surface area contributed by atoms with Crippen LogP contribution < -0.4 is 20.3 Å². The molecule has 190 valence electrons. The van der Waals surface area contributed by atoms with E-state index in [1.165, 1.54) is 24.3 Å². The number of aromatic nitrogens is 4. The smallest absolute Gasteiger partial charge is 0.284 e. The van der Waals surface area contributed by atoms with E-state index in [1.807, 2.05) is 0 Å². The Morgan fingerprint density at radius 3 is 2.42 bits per heavy atom. The Bertz CT molecular complexity index is 1720. The van der Waals surface area contributed by atoms with Gasteiger partial charge in [0.15, 0.2) is 5.75 Å². The zero-order chi connectivity index (χ0) is 26.8. The number of nitrogens with one attached hydrogen (secondary N) is 1. The highest BCUT2D eigenvalue weighted by atomic mass is 19.1. The van der Waals surface area contributed by atoms with Crippen LogP contribution in [0, 0.1) is 19.7 Å². The fourth-order valence-corrected chi connectivity index (χ4v) is 3.85. The molecule has 1 N–H and O–H groups in total. The summed E-state index contributed by atoms with van der Waals surface area (Å²) < 4.78 is 25.6. The number of halogens is 1. The lowest BCUT2D eigenvalue weighted by Crippen LogP contribution is -2.32. The van der Waals surface area contributed by atoms with Gasteiger partial charge in [-0.2, -0.15) is 9.78 Å². The van der Waals surface area contributed by atoms with Crippen LogP contribution in [0.25, 0.3) is 16.7 Å². The van der Waals surface area contributed by atoms with E-state index in [9.17, 15) is 14.0 Å². The van der Waals surface area contributed by atoms with Crippen LogP contribution in [0.5, 0.6) is 17.2 Å². The number of nitrogens with zero attached hydrogens (tertiary/aromatic N) is 4. The normalized spacial score (nSPS) is 10.8. The Kier molecular flexibility index (Phi) is 6.53. The largest absolute Gasteiger partial charge is 0.495 e. The number of carbonyl (C=O) groups is 1. The maximum atomic E-state index is 13.4. The second kappa shape index (κ2) is 10.1. The van der Waals surface area contributed by atoms with Gasteiger partial charge in [-0.25, -0.2) is 9.37 Å². The van der Waals surface area contributed by atoms with E-state index in [-0.39, 0.29) is 5.56 Å². The van der Waals surface area contributed by atoms with Crippen molar-refractivity contribution in [1.29, 1.82) is 0 Å². The third-order valence-corrected chi connectivity index (χ3v) is 5.96. The average molecular weight is 512 g/mol. The fraction of sp³-hybridized carbons (Fsp3) is 0.107. The molecule has 38 heavy (non-hydrogen) atoms. The molecule has 5 aromatic rings. The van der Waals surface area contributed by atoms with Gasteiger partial charge in [0.05, 0.1) is 30.2 Å². The van der Waals surface area contributed by atoms with Crippen molar-refractivity contribution in [2.75, 3.05) is 12.4 Å².